The third-order valence-electron chi connectivity index (χ3n) is 0.855. The van der Waals surface area contributed by atoms with Crippen LogP contribution in [-0.4, -0.2) is 11.1 Å². The molecular formula is C5H10BrClS. The highest BCUT2D eigenvalue weighted by molar-refractivity contribution is 9.09. The molecule has 0 amide bonds. The van der Waals surface area contributed by atoms with E-state index in [1.165, 1.54) is 30.2 Å². The van der Waals surface area contributed by atoms with Gasteiger partial charge in [0.2, 0.25) is 0 Å². The summed E-state index contributed by atoms with van der Waals surface area (Å²) >= 11 is 3.36. The van der Waals surface area contributed by atoms with E-state index < -0.39 is 0 Å². The molecule has 0 aliphatic carbocycles. The summed E-state index contributed by atoms with van der Waals surface area (Å²) in [5.74, 6) is 1.09. The first kappa shape index (κ1) is 9.12. The van der Waals surface area contributed by atoms with Crippen LogP contribution in [0.5, 0.6) is 0 Å². The summed E-state index contributed by atoms with van der Waals surface area (Å²) < 4.78 is 0. The predicted octanol–water partition coefficient (Wildman–Crippen LogP) is 3.44. The van der Waals surface area contributed by atoms with Gasteiger partial charge in [-0.1, -0.05) is 33.3 Å². The minimum Gasteiger partial charge on any atom is -0.0928 e. The van der Waals surface area contributed by atoms with Gasteiger partial charge < -0.3 is 0 Å². The fraction of sp³-hybridized carbons (Fsp3) is 1.00. The highest BCUT2D eigenvalue weighted by Gasteiger charge is 1.85. The van der Waals surface area contributed by atoms with Crippen LogP contribution in [-0.2, 0) is 0 Å². The van der Waals surface area contributed by atoms with Gasteiger partial charge in [0.25, 0.3) is 0 Å². The van der Waals surface area contributed by atoms with Crippen molar-refractivity contribution in [2.45, 2.75) is 19.3 Å². The standard InChI is InChI=1S/C5H10BrClS/c6-4-2-1-3-5-8-7/h1-5H2. The van der Waals surface area contributed by atoms with Crippen molar-refractivity contribution in [2.75, 3.05) is 11.1 Å². The molecule has 0 heterocycles. The number of hydrogen-bond acceptors (Lipinski definition) is 1. The van der Waals surface area contributed by atoms with E-state index in [4.69, 9.17) is 10.7 Å². The average molecular weight is 218 g/mol. The predicted molar refractivity (Wildman–Crippen MR) is 46.0 cm³/mol. The highest BCUT2D eigenvalue weighted by Crippen LogP contribution is 2.09. The van der Waals surface area contributed by atoms with Gasteiger partial charge in [0.1, 0.15) is 0 Å². The van der Waals surface area contributed by atoms with Crippen molar-refractivity contribution >= 4 is 37.6 Å². The molecule has 0 unspecified atom stereocenters. The van der Waals surface area contributed by atoms with Crippen molar-refractivity contribution in [2.24, 2.45) is 0 Å². The number of hydrogen-bond donors (Lipinski definition) is 0. The lowest BCUT2D eigenvalue weighted by atomic mass is 10.3. The molecule has 0 aromatic rings. The second kappa shape index (κ2) is 8.12. The van der Waals surface area contributed by atoms with Crippen molar-refractivity contribution in [3.05, 3.63) is 0 Å². The molecule has 0 fully saturated rings. The molecule has 0 aliphatic heterocycles. The van der Waals surface area contributed by atoms with Crippen LogP contribution in [0.25, 0.3) is 0 Å². The highest BCUT2D eigenvalue weighted by atomic mass is 79.9. The lowest BCUT2D eigenvalue weighted by molar-refractivity contribution is 0.790. The van der Waals surface area contributed by atoms with E-state index in [1.807, 2.05) is 0 Å². The molecule has 0 atom stereocenters. The van der Waals surface area contributed by atoms with Crippen molar-refractivity contribution in [1.29, 1.82) is 0 Å². The van der Waals surface area contributed by atoms with Crippen LogP contribution in [0.15, 0.2) is 0 Å². The summed E-state index contributed by atoms with van der Waals surface area (Å²) in [6.45, 7) is 0. The SMILES string of the molecule is ClSCCCCCBr. The topological polar surface area (TPSA) is 0 Å². The summed E-state index contributed by atoms with van der Waals surface area (Å²) in [7, 11) is 6.79. The molecule has 0 aromatic heterocycles. The lowest BCUT2D eigenvalue weighted by Crippen LogP contribution is -1.78. The normalized spacial score (nSPS) is 9.75. The third-order valence-corrected chi connectivity index (χ3v) is 2.32. The van der Waals surface area contributed by atoms with Gasteiger partial charge in [0.05, 0.1) is 0 Å². The van der Waals surface area contributed by atoms with Gasteiger partial charge in [0, 0.05) is 11.1 Å². The molecule has 50 valence electrons. The Morgan fingerprint density at radius 2 is 2.00 bits per heavy atom. The first-order valence-corrected chi connectivity index (χ1v) is 5.64. The molecule has 0 bridgehead atoms. The average Bonchev–Trinajstić information content (AvgIpc) is 1.81. The molecule has 0 spiro atoms. The summed E-state index contributed by atoms with van der Waals surface area (Å²) in [6, 6.07) is 0. The summed E-state index contributed by atoms with van der Waals surface area (Å²) in [5, 5.41) is 1.12. The van der Waals surface area contributed by atoms with E-state index in [0.29, 0.717) is 0 Å². The van der Waals surface area contributed by atoms with E-state index in [1.54, 1.807) is 0 Å². The molecule has 3 heteroatoms. The third kappa shape index (κ3) is 7.12. The molecule has 0 aromatic carbocycles. The Balaban J connectivity index is 2.53. The monoisotopic (exact) mass is 216 g/mol. The van der Waals surface area contributed by atoms with Gasteiger partial charge in [0.15, 0.2) is 0 Å². The molecular weight excluding hydrogens is 207 g/mol. The number of halogens is 2. The van der Waals surface area contributed by atoms with Crippen LogP contribution in [0, 0.1) is 0 Å². The zero-order chi connectivity index (χ0) is 6.24. The number of unbranched alkanes of at least 4 members (excludes halogenated alkanes) is 2. The van der Waals surface area contributed by atoms with Crippen LogP contribution in [0.4, 0.5) is 0 Å². The summed E-state index contributed by atoms with van der Waals surface area (Å²) in [5.41, 5.74) is 0. The molecule has 0 saturated carbocycles. The zero-order valence-electron chi connectivity index (χ0n) is 4.70. The Morgan fingerprint density at radius 1 is 1.25 bits per heavy atom. The molecule has 8 heavy (non-hydrogen) atoms. The zero-order valence-corrected chi connectivity index (χ0v) is 7.86. The van der Waals surface area contributed by atoms with Gasteiger partial charge in [-0.3, -0.25) is 0 Å². The molecule has 0 nitrogen and oxygen atoms in total. The van der Waals surface area contributed by atoms with Gasteiger partial charge >= 0.3 is 0 Å². The molecule has 0 aliphatic rings. The Bertz CT molecular complexity index is 37.4. The van der Waals surface area contributed by atoms with Crippen molar-refractivity contribution in [3.63, 3.8) is 0 Å². The first-order chi connectivity index (χ1) is 3.91. The molecule has 0 saturated heterocycles. The second-order valence-corrected chi connectivity index (χ2v) is 3.64. The maximum absolute atomic E-state index is 5.39. The fourth-order valence-electron chi connectivity index (χ4n) is 0.428. The van der Waals surface area contributed by atoms with Gasteiger partial charge in [-0.05, 0) is 23.5 Å². The Hall–Kier alpha value is 1.12. The van der Waals surface area contributed by atoms with Crippen molar-refractivity contribution < 1.29 is 0 Å². The van der Waals surface area contributed by atoms with Crippen LogP contribution in [0.1, 0.15) is 19.3 Å². The van der Waals surface area contributed by atoms with E-state index in [-0.39, 0.29) is 0 Å². The van der Waals surface area contributed by atoms with Gasteiger partial charge in [-0.25, -0.2) is 0 Å². The maximum Gasteiger partial charge on any atom is 0.00852 e. The van der Waals surface area contributed by atoms with Crippen LogP contribution in [0.3, 0.4) is 0 Å². The fourth-order valence-corrected chi connectivity index (χ4v) is 1.46. The quantitative estimate of drug-likeness (QED) is 0.502. The Kier molecular flexibility index (Phi) is 9.26. The van der Waals surface area contributed by atoms with Crippen LogP contribution < -0.4 is 0 Å². The van der Waals surface area contributed by atoms with Crippen molar-refractivity contribution in [1.82, 2.24) is 0 Å². The van der Waals surface area contributed by atoms with Gasteiger partial charge in [-0.2, -0.15) is 0 Å². The smallest absolute Gasteiger partial charge is 0.00852 e. The van der Waals surface area contributed by atoms with Crippen LogP contribution >= 0.6 is 37.6 Å². The van der Waals surface area contributed by atoms with Crippen molar-refractivity contribution in [3.8, 4) is 0 Å². The van der Waals surface area contributed by atoms with Crippen LogP contribution in [0.2, 0.25) is 0 Å². The lowest BCUT2D eigenvalue weighted by Gasteiger charge is -1.91. The Morgan fingerprint density at radius 3 is 2.50 bits per heavy atom. The number of rotatable bonds is 5. The summed E-state index contributed by atoms with van der Waals surface area (Å²) in [6.07, 6.45) is 3.82. The maximum atomic E-state index is 5.39. The molecule has 0 rings (SSSR count). The number of alkyl halides is 1. The van der Waals surface area contributed by atoms with E-state index in [0.717, 1.165) is 11.1 Å². The minimum absolute atomic E-state index is 1.09. The molecule has 0 N–H and O–H groups in total. The minimum atomic E-state index is 1.09. The Labute approximate surface area is 68.0 Å². The van der Waals surface area contributed by atoms with E-state index in [2.05, 4.69) is 15.9 Å². The largest absolute Gasteiger partial charge is 0.0928 e. The molecule has 0 radical (unpaired) electrons. The van der Waals surface area contributed by atoms with Gasteiger partial charge in [-0.15, -0.1) is 0 Å². The second-order valence-electron chi connectivity index (χ2n) is 1.56. The van der Waals surface area contributed by atoms with E-state index >= 15 is 0 Å². The first-order valence-electron chi connectivity index (χ1n) is 2.71. The summed E-state index contributed by atoms with van der Waals surface area (Å²) in [4.78, 5) is 0. The van der Waals surface area contributed by atoms with E-state index in [9.17, 15) is 0 Å².